The van der Waals surface area contributed by atoms with Crippen LogP contribution in [0.3, 0.4) is 0 Å². The fraction of sp³-hybridized carbons (Fsp3) is 0.278. The first kappa shape index (κ1) is 21.5. The molecule has 0 radical (unpaired) electrons. The highest BCUT2D eigenvalue weighted by Gasteiger charge is 2.34. The van der Waals surface area contributed by atoms with Crippen LogP contribution in [-0.2, 0) is 14.8 Å². The summed E-state index contributed by atoms with van der Waals surface area (Å²) in [6.07, 6.45) is 0.649. The summed E-state index contributed by atoms with van der Waals surface area (Å²) >= 11 is 11.8. The van der Waals surface area contributed by atoms with Crippen molar-refractivity contribution in [1.29, 1.82) is 0 Å². The van der Waals surface area contributed by atoms with Crippen LogP contribution in [0.25, 0.3) is 0 Å². The number of carbonyl (C=O) groups excluding carboxylic acids is 1. The van der Waals surface area contributed by atoms with E-state index in [9.17, 15) is 23.3 Å². The molecule has 0 atom stereocenters. The van der Waals surface area contributed by atoms with E-state index in [-0.39, 0.29) is 40.5 Å². The lowest BCUT2D eigenvalue weighted by molar-refractivity contribution is -0.385. The molecule has 1 N–H and O–H groups in total. The van der Waals surface area contributed by atoms with Crippen molar-refractivity contribution in [3.05, 3.63) is 62.6 Å². The molecular weight excluding hydrogens is 441 g/mol. The Morgan fingerprint density at radius 2 is 1.72 bits per heavy atom. The molecule has 0 aliphatic carbocycles. The molecule has 2 aromatic rings. The van der Waals surface area contributed by atoms with Crippen LogP contribution >= 0.6 is 23.2 Å². The highest BCUT2D eigenvalue weighted by Crippen LogP contribution is 2.31. The number of nitrogens with one attached hydrogen (secondary N) is 1. The first-order valence-corrected chi connectivity index (χ1v) is 10.9. The van der Waals surface area contributed by atoms with Crippen molar-refractivity contribution in [3.8, 4) is 0 Å². The van der Waals surface area contributed by atoms with Crippen LogP contribution in [-0.4, -0.2) is 36.6 Å². The third kappa shape index (κ3) is 4.87. The first-order valence-electron chi connectivity index (χ1n) is 8.69. The Balaban J connectivity index is 1.68. The summed E-state index contributed by atoms with van der Waals surface area (Å²) in [5.41, 5.74) is 0.253. The van der Waals surface area contributed by atoms with E-state index in [4.69, 9.17) is 23.2 Å². The Morgan fingerprint density at radius 1 is 1.10 bits per heavy atom. The monoisotopic (exact) mass is 457 g/mol. The number of nitrogens with zero attached hydrogens (tertiary/aromatic N) is 2. The number of benzene rings is 2. The summed E-state index contributed by atoms with van der Waals surface area (Å²) in [6, 6.07) is 9.99. The van der Waals surface area contributed by atoms with Crippen LogP contribution in [0.4, 0.5) is 11.4 Å². The Bertz CT molecular complexity index is 1040. The molecule has 0 bridgehead atoms. The number of amides is 1. The quantitative estimate of drug-likeness (QED) is 0.539. The number of carbonyl (C=O) groups is 1. The van der Waals surface area contributed by atoms with Crippen molar-refractivity contribution in [2.75, 3.05) is 18.4 Å². The molecule has 1 heterocycles. The predicted octanol–water partition coefficient (Wildman–Crippen LogP) is 3.94. The van der Waals surface area contributed by atoms with Gasteiger partial charge in [0.2, 0.25) is 15.9 Å². The van der Waals surface area contributed by atoms with Crippen molar-refractivity contribution in [2.45, 2.75) is 17.7 Å². The number of non-ortho nitro benzene ring substituents is 1. The van der Waals surface area contributed by atoms with Gasteiger partial charge in [0.1, 0.15) is 4.90 Å². The normalized spacial score (nSPS) is 15.8. The second kappa shape index (κ2) is 8.66. The zero-order chi connectivity index (χ0) is 21.2. The smallest absolute Gasteiger partial charge is 0.270 e. The van der Waals surface area contributed by atoms with Crippen LogP contribution in [0, 0.1) is 16.0 Å². The third-order valence-corrected chi connectivity index (χ3v) is 7.31. The minimum atomic E-state index is -4.01. The Labute approximate surface area is 177 Å². The van der Waals surface area contributed by atoms with Crippen LogP contribution in [0.15, 0.2) is 47.4 Å². The lowest BCUT2D eigenvalue weighted by Gasteiger charge is -2.30. The van der Waals surface area contributed by atoms with Crippen molar-refractivity contribution in [2.24, 2.45) is 5.92 Å². The number of rotatable bonds is 5. The maximum Gasteiger partial charge on any atom is 0.270 e. The minimum absolute atomic E-state index is 0.0850. The van der Waals surface area contributed by atoms with Crippen molar-refractivity contribution >= 4 is 50.5 Å². The fourth-order valence-electron chi connectivity index (χ4n) is 3.08. The van der Waals surface area contributed by atoms with Crippen LogP contribution < -0.4 is 5.32 Å². The second-order valence-electron chi connectivity index (χ2n) is 6.55. The van der Waals surface area contributed by atoms with Crippen LogP contribution in [0.5, 0.6) is 0 Å². The van der Waals surface area contributed by atoms with Gasteiger partial charge in [0.25, 0.3) is 5.69 Å². The minimum Gasteiger partial charge on any atom is -0.326 e. The number of nitro groups is 1. The number of halogens is 2. The molecule has 0 aromatic heterocycles. The van der Waals surface area contributed by atoms with Gasteiger partial charge in [0.15, 0.2) is 0 Å². The summed E-state index contributed by atoms with van der Waals surface area (Å²) < 4.78 is 27.0. The average molecular weight is 458 g/mol. The Morgan fingerprint density at radius 3 is 2.31 bits per heavy atom. The number of piperidine rings is 1. The van der Waals surface area contributed by atoms with Gasteiger partial charge in [-0.25, -0.2) is 8.42 Å². The standard InChI is InChI=1S/C18H17Cl2N3O5S/c19-13-1-3-14(4-2-13)21-18(24)12-7-9-22(10-8-12)29(27,28)17-11-15(23(25)26)5-6-16(17)20/h1-6,11-12H,7-10H2,(H,21,24). The zero-order valence-electron chi connectivity index (χ0n) is 15.0. The Kier molecular flexibility index (Phi) is 6.42. The molecule has 11 heteroatoms. The molecule has 1 aliphatic heterocycles. The molecule has 8 nitrogen and oxygen atoms in total. The highest BCUT2D eigenvalue weighted by molar-refractivity contribution is 7.89. The first-order chi connectivity index (χ1) is 13.7. The Hall–Kier alpha value is -2.20. The summed E-state index contributed by atoms with van der Waals surface area (Å²) in [4.78, 5) is 22.4. The summed E-state index contributed by atoms with van der Waals surface area (Å²) in [6.45, 7) is 0.222. The molecule has 2 aromatic carbocycles. The van der Waals surface area contributed by atoms with E-state index in [0.717, 1.165) is 12.1 Å². The fourth-order valence-corrected chi connectivity index (χ4v) is 5.17. The average Bonchev–Trinajstić information content (AvgIpc) is 2.69. The van der Waals surface area contributed by atoms with E-state index in [1.165, 1.54) is 10.4 Å². The summed E-state index contributed by atoms with van der Waals surface area (Å²) in [5.74, 6) is -0.546. The molecule has 29 heavy (non-hydrogen) atoms. The van der Waals surface area contributed by atoms with Crippen LogP contribution in [0.1, 0.15) is 12.8 Å². The maximum atomic E-state index is 12.9. The number of anilines is 1. The molecule has 1 fully saturated rings. The van der Waals surface area contributed by atoms with E-state index in [2.05, 4.69) is 5.32 Å². The lowest BCUT2D eigenvalue weighted by Crippen LogP contribution is -2.41. The van der Waals surface area contributed by atoms with Gasteiger partial charge < -0.3 is 5.32 Å². The van der Waals surface area contributed by atoms with Gasteiger partial charge >= 0.3 is 0 Å². The highest BCUT2D eigenvalue weighted by atomic mass is 35.5. The number of sulfonamides is 1. The topological polar surface area (TPSA) is 110 Å². The van der Waals surface area contributed by atoms with Crippen molar-refractivity contribution in [3.63, 3.8) is 0 Å². The SMILES string of the molecule is O=C(Nc1ccc(Cl)cc1)C1CCN(S(=O)(=O)c2cc([N+](=O)[O-])ccc2Cl)CC1. The molecule has 1 aliphatic rings. The zero-order valence-corrected chi connectivity index (χ0v) is 17.4. The number of nitro benzene ring substituents is 1. The molecule has 0 saturated carbocycles. The van der Waals surface area contributed by atoms with Gasteiger partial charge in [-0.15, -0.1) is 0 Å². The van der Waals surface area contributed by atoms with Gasteiger partial charge in [0, 0.05) is 41.9 Å². The molecule has 1 saturated heterocycles. The number of hydrogen-bond acceptors (Lipinski definition) is 5. The molecule has 154 valence electrons. The third-order valence-electron chi connectivity index (χ3n) is 4.68. The molecular formula is C18H17Cl2N3O5S. The van der Waals surface area contributed by atoms with E-state index in [0.29, 0.717) is 23.6 Å². The van der Waals surface area contributed by atoms with E-state index >= 15 is 0 Å². The van der Waals surface area contributed by atoms with Gasteiger partial charge in [-0.3, -0.25) is 14.9 Å². The van der Waals surface area contributed by atoms with Gasteiger partial charge in [-0.05, 0) is 43.2 Å². The number of hydrogen-bond donors (Lipinski definition) is 1. The van der Waals surface area contributed by atoms with E-state index in [1.54, 1.807) is 24.3 Å². The summed E-state index contributed by atoms with van der Waals surface area (Å²) in [5, 5.41) is 14.2. The molecule has 0 unspecified atom stereocenters. The molecule has 1 amide bonds. The largest absolute Gasteiger partial charge is 0.326 e. The van der Waals surface area contributed by atoms with Gasteiger partial charge in [-0.1, -0.05) is 23.2 Å². The van der Waals surface area contributed by atoms with E-state index < -0.39 is 14.9 Å². The summed E-state index contributed by atoms with van der Waals surface area (Å²) in [7, 11) is -4.01. The maximum absolute atomic E-state index is 12.9. The van der Waals surface area contributed by atoms with Gasteiger partial charge in [0.05, 0.1) is 9.95 Å². The van der Waals surface area contributed by atoms with Crippen LogP contribution in [0.2, 0.25) is 10.0 Å². The lowest BCUT2D eigenvalue weighted by atomic mass is 9.97. The van der Waals surface area contributed by atoms with Gasteiger partial charge in [-0.2, -0.15) is 4.31 Å². The van der Waals surface area contributed by atoms with Crippen molar-refractivity contribution in [1.82, 2.24) is 4.31 Å². The molecule has 3 rings (SSSR count). The van der Waals surface area contributed by atoms with E-state index in [1.807, 2.05) is 0 Å². The van der Waals surface area contributed by atoms with Crippen molar-refractivity contribution < 1.29 is 18.1 Å². The predicted molar refractivity (Wildman–Crippen MR) is 110 cm³/mol. The second-order valence-corrected chi connectivity index (χ2v) is 9.30. The molecule has 0 spiro atoms.